The number of nitro benzene ring substituents is 2. The van der Waals surface area contributed by atoms with Crippen LogP contribution in [-0.4, -0.2) is 31.7 Å². The van der Waals surface area contributed by atoms with E-state index in [9.17, 15) is 20.2 Å². The number of methoxy groups -OCH3 is 1. The zero-order valence-corrected chi connectivity index (χ0v) is 13.4. The van der Waals surface area contributed by atoms with Gasteiger partial charge in [0, 0.05) is 19.7 Å². The predicted molar refractivity (Wildman–Crippen MR) is 86.1 cm³/mol. The molecule has 0 radical (unpaired) electrons. The Bertz CT molecular complexity index is 820. The van der Waals surface area contributed by atoms with Crippen LogP contribution in [0.5, 0.6) is 0 Å². The second-order valence-electron chi connectivity index (χ2n) is 5.60. The van der Waals surface area contributed by atoms with Crippen molar-refractivity contribution in [1.82, 2.24) is 14.8 Å². The van der Waals surface area contributed by atoms with Crippen LogP contribution in [0.2, 0.25) is 0 Å². The summed E-state index contributed by atoms with van der Waals surface area (Å²) < 4.78 is 6.79. The molecule has 0 aliphatic carbocycles. The van der Waals surface area contributed by atoms with E-state index < -0.39 is 9.85 Å². The summed E-state index contributed by atoms with van der Waals surface area (Å²) in [5, 5.41) is 29.5. The molecule has 0 saturated carbocycles. The van der Waals surface area contributed by atoms with Gasteiger partial charge in [-0.15, -0.1) is 0 Å². The van der Waals surface area contributed by atoms with Crippen LogP contribution in [0.4, 0.5) is 17.1 Å². The lowest BCUT2D eigenvalue weighted by atomic mass is 10.1. The van der Waals surface area contributed by atoms with Gasteiger partial charge in [-0.25, -0.2) is 9.67 Å². The molecule has 3 rings (SSSR count). The number of fused-ring (bicyclic) bond motifs is 1. The second-order valence-corrected chi connectivity index (χ2v) is 5.60. The fraction of sp³-hybridized carbons (Fsp3) is 0.429. The van der Waals surface area contributed by atoms with Gasteiger partial charge in [-0.2, -0.15) is 5.10 Å². The summed E-state index contributed by atoms with van der Waals surface area (Å²) in [6.07, 6.45) is 1.56. The molecule has 1 unspecified atom stereocenters. The first-order chi connectivity index (χ1) is 12.0. The molecule has 1 atom stereocenters. The lowest BCUT2D eigenvalue weighted by Gasteiger charge is -2.23. The molecular weight excluding hydrogens is 332 g/mol. The number of nitrogens with zero attached hydrogens (tertiary/aromatic N) is 5. The summed E-state index contributed by atoms with van der Waals surface area (Å²) >= 11 is 0. The molecule has 1 aliphatic rings. The highest BCUT2D eigenvalue weighted by Gasteiger charge is 2.27. The predicted octanol–water partition coefficient (Wildman–Crippen LogP) is 2.19. The van der Waals surface area contributed by atoms with Gasteiger partial charge in [0.15, 0.2) is 5.82 Å². The summed E-state index contributed by atoms with van der Waals surface area (Å²) in [7, 11) is 1.55. The first-order valence-corrected chi connectivity index (χ1v) is 7.61. The number of aromatic nitrogens is 3. The number of non-ortho nitro benzene ring substituents is 1. The zero-order valence-electron chi connectivity index (χ0n) is 13.4. The standard InChI is InChI=1S/C14H16N6O5/c1-25-8-13-16-14-11(3-2-6-18(14)17-13)15-10-5-4-9(19(21)22)7-12(10)20(23)24/h4-5,7,11,15H,2-3,6,8H2,1H3. The van der Waals surface area contributed by atoms with Crippen molar-refractivity contribution in [3.05, 3.63) is 50.1 Å². The van der Waals surface area contributed by atoms with Crippen LogP contribution < -0.4 is 5.32 Å². The van der Waals surface area contributed by atoms with E-state index in [-0.39, 0.29) is 29.7 Å². The number of anilines is 1. The van der Waals surface area contributed by atoms with Gasteiger partial charge in [0.1, 0.15) is 18.1 Å². The van der Waals surface area contributed by atoms with E-state index in [1.165, 1.54) is 12.1 Å². The molecule has 0 fully saturated rings. The minimum atomic E-state index is -0.662. The third-order valence-corrected chi connectivity index (χ3v) is 3.91. The maximum atomic E-state index is 11.3. The zero-order chi connectivity index (χ0) is 18.0. The number of aryl methyl sites for hydroxylation is 1. The van der Waals surface area contributed by atoms with Crippen LogP contribution in [-0.2, 0) is 17.9 Å². The van der Waals surface area contributed by atoms with Gasteiger partial charge in [-0.05, 0) is 18.9 Å². The third kappa shape index (κ3) is 3.40. The SMILES string of the molecule is COCc1nc2n(n1)CCCC2Nc1ccc([N+](=O)[O-])cc1[N+](=O)[O-]. The van der Waals surface area contributed by atoms with Gasteiger partial charge >= 0.3 is 0 Å². The molecular formula is C14H16N6O5. The van der Waals surface area contributed by atoms with Gasteiger partial charge < -0.3 is 10.1 Å². The molecule has 11 nitrogen and oxygen atoms in total. The highest BCUT2D eigenvalue weighted by Crippen LogP contribution is 2.34. The Morgan fingerprint density at radius 3 is 2.84 bits per heavy atom. The van der Waals surface area contributed by atoms with Gasteiger partial charge in [0.05, 0.1) is 22.0 Å². The Kier molecular flexibility index (Phi) is 4.57. The van der Waals surface area contributed by atoms with E-state index in [2.05, 4.69) is 15.4 Å². The van der Waals surface area contributed by atoms with E-state index in [1.807, 2.05) is 0 Å². The van der Waals surface area contributed by atoms with Crippen molar-refractivity contribution < 1.29 is 14.6 Å². The fourth-order valence-electron chi connectivity index (χ4n) is 2.82. The van der Waals surface area contributed by atoms with Crippen LogP contribution in [0.15, 0.2) is 18.2 Å². The number of nitro groups is 2. The molecule has 0 spiro atoms. The van der Waals surface area contributed by atoms with E-state index in [0.717, 1.165) is 18.9 Å². The van der Waals surface area contributed by atoms with Gasteiger partial charge in [0.25, 0.3) is 11.4 Å². The number of nitrogens with one attached hydrogen (secondary N) is 1. The Balaban J connectivity index is 1.91. The van der Waals surface area contributed by atoms with E-state index in [0.29, 0.717) is 18.2 Å². The van der Waals surface area contributed by atoms with Gasteiger partial charge in [-0.3, -0.25) is 20.2 Å². The first kappa shape index (κ1) is 16.8. The highest BCUT2D eigenvalue weighted by atomic mass is 16.6. The van der Waals surface area contributed by atoms with Crippen molar-refractivity contribution in [2.45, 2.75) is 32.0 Å². The fourth-order valence-corrected chi connectivity index (χ4v) is 2.82. The van der Waals surface area contributed by atoms with Crippen molar-refractivity contribution in [3.63, 3.8) is 0 Å². The van der Waals surface area contributed by atoms with Crippen molar-refractivity contribution in [1.29, 1.82) is 0 Å². The maximum Gasteiger partial charge on any atom is 0.299 e. The van der Waals surface area contributed by atoms with Gasteiger partial charge in [0.2, 0.25) is 0 Å². The number of rotatable bonds is 6. The third-order valence-electron chi connectivity index (χ3n) is 3.91. The van der Waals surface area contributed by atoms with Crippen LogP contribution in [0.1, 0.15) is 30.5 Å². The molecule has 1 aromatic heterocycles. The molecule has 1 aliphatic heterocycles. The number of ether oxygens (including phenoxy) is 1. The van der Waals surface area contributed by atoms with E-state index >= 15 is 0 Å². The molecule has 25 heavy (non-hydrogen) atoms. The molecule has 2 heterocycles. The van der Waals surface area contributed by atoms with Crippen LogP contribution in [0.25, 0.3) is 0 Å². The summed E-state index contributed by atoms with van der Waals surface area (Å²) in [5.74, 6) is 1.22. The lowest BCUT2D eigenvalue weighted by molar-refractivity contribution is -0.393. The molecule has 1 N–H and O–H groups in total. The molecule has 2 aromatic rings. The largest absolute Gasteiger partial charge is 0.377 e. The maximum absolute atomic E-state index is 11.3. The van der Waals surface area contributed by atoms with Gasteiger partial charge in [-0.1, -0.05) is 0 Å². The monoisotopic (exact) mass is 348 g/mol. The van der Waals surface area contributed by atoms with E-state index in [1.54, 1.807) is 11.8 Å². The summed E-state index contributed by atoms with van der Waals surface area (Å²) in [6, 6.07) is 3.26. The number of benzene rings is 1. The van der Waals surface area contributed by atoms with E-state index in [4.69, 9.17) is 4.74 Å². The highest BCUT2D eigenvalue weighted by molar-refractivity contribution is 5.65. The summed E-state index contributed by atoms with van der Waals surface area (Å²) in [5.41, 5.74) is -0.459. The molecule has 0 saturated heterocycles. The minimum Gasteiger partial charge on any atom is -0.377 e. The Morgan fingerprint density at radius 2 is 2.16 bits per heavy atom. The first-order valence-electron chi connectivity index (χ1n) is 7.61. The van der Waals surface area contributed by atoms with Crippen LogP contribution >= 0.6 is 0 Å². The molecule has 1 aromatic carbocycles. The second kappa shape index (κ2) is 6.81. The Morgan fingerprint density at radius 1 is 1.36 bits per heavy atom. The molecule has 11 heteroatoms. The molecule has 0 amide bonds. The Hall–Kier alpha value is -3.08. The Labute approximate surface area is 141 Å². The topological polar surface area (TPSA) is 138 Å². The number of hydrogen-bond acceptors (Lipinski definition) is 8. The van der Waals surface area contributed by atoms with Crippen LogP contribution in [0, 0.1) is 20.2 Å². The van der Waals surface area contributed by atoms with Crippen molar-refractivity contribution in [2.24, 2.45) is 0 Å². The lowest BCUT2D eigenvalue weighted by Crippen LogP contribution is -2.23. The summed E-state index contributed by atoms with van der Waals surface area (Å²) in [4.78, 5) is 25.2. The normalized spacial score (nSPS) is 16.3. The van der Waals surface area contributed by atoms with Crippen LogP contribution in [0.3, 0.4) is 0 Å². The average Bonchev–Trinajstić information content (AvgIpc) is 2.99. The molecule has 132 valence electrons. The van der Waals surface area contributed by atoms with Crippen molar-refractivity contribution >= 4 is 17.1 Å². The van der Waals surface area contributed by atoms with Crippen molar-refractivity contribution in [3.8, 4) is 0 Å². The number of hydrogen-bond donors (Lipinski definition) is 1. The average molecular weight is 348 g/mol. The summed E-state index contributed by atoms with van der Waals surface area (Å²) in [6.45, 7) is 0.997. The minimum absolute atomic E-state index is 0.213. The smallest absolute Gasteiger partial charge is 0.299 e. The van der Waals surface area contributed by atoms with Crippen molar-refractivity contribution in [2.75, 3.05) is 12.4 Å². The quantitative estimate of drug-likeness (QED) is 0.619. The molecule has 0 bridgehead atoms.